The average Bonchev–Trinajstić information content (AvgIpc) is 3.64. The Morgan fingerprint density at radius 2 is 2.00 bits per heavy atom. The highest BCUT2D eigenvalue weighted by Gasteiger charge is 2.36. The van der Waals surface area contributed by atoms with Gasteiger partial charge in [0, 0.05) is 24.0 Å². The molecule has 5 rings (SSSR count). The van der Waals surface area contributed by atoms with Gasteiger partial charge in [0.2, 0.25) is 5.91 Å². The molecule has 2 atom stereocenters. The minimum Gasteiger partial charge on any atom is -0.491 e. The number of hydrogen-bond acceptors (Lipinski definition) is 6. The average molecular weight is 521 g/mol. The summed E-state index contributed by atoms with van der Waals surface area (Å²) >= 11 is 1.76. The molecule has 1 aliphatic heterocycles. The summed E-state index contributed by atoms with van der Waals surface area (Å²) in [5.41, 5.74) is 3.43. The topological polar surface area (TPSA) is 62.2 Å². The van der Waals surface area contributed by atoms with Crippen molar-refractivity contribution in [1.82, 2.24) is 9.80 Å². The second kappa shape index (κ2) is 12.2. The molecule has 2 aromatic carbocycles. The molecule has 2 heterocycles. The molecule has 1 amide bonds. The van der Waals surface area contributed by atoms with Gasteiger partial charge in [0.05, 0.1) is 31.9 Å². The first kappa shape index (κ1) is 25.9. The molecule has 7 heteroatoms. The Balaban J connectivity index is 1.19. The Kier molecular flexibility index (Phi) is 8.56. The van der Waals surface area contributed by atoms with Crippen molar-refractivity contribution < 1.29 is 19.4 Å². The number of ether oxygens (including phenoxy) is 2. The van der Waals surface area contributed by atoms with E-state index in [1.165, 1.54) is 10.4 Å². The lowest BCUT2D eigenvalue weighted by atomic mass is 10.0. The summed E-state index contributed by atoms with van der Waals surface area (Å²) in [6.45, 7) is 4.64. The molecular formula is C30H36N2O4S. The van der Waals surface area contributed by atoms with Gasteiger partial charge in [0.1, 0.15) is 12.4 Å². The maximum absolute atomic E-state index is 13.6. The van der Waals surface area contributed by atoms with Crippen LogP contribution < -0.4 is 4.74 Å². The molecule has 3 aromatic rings. The number of aryl methyl sites for hydroxylation is 1. The second-order valence-electron chi connectivity index (χ2n) is 10.1. The largest absolute Gasteiger partial charge is 0.491 e. The van der Waals surface area contributed by atoms with Crippen LogP contribution in [0.5, 0.6) is 5.75 Å². The molecule has 0 bridgehead atoms. The number of amides is 1. The zero-order valence-corrected chi connectivity index (χ0v) is 22.2. The zero-order chi connectivity index (χ0) is 25.6. The minimum absolute atomic E-state index is 0.0963. The molecule has 1 aromatic heterocycles. The molecular weight excluding hydrogens is 484 g/mol. The van der Waals surface area contributed by atoms with Crippen LogP contribution in [0.1, 0.15) is 40.5 Å². The number of aliphatic hydroxyl groups excluding tert-OH is 1. The number of rotatable bonds is 12. The van der Waals surface area contributed by atoms with Gasteiger partial charge in [-0.25, -0.2) is 0 Å². The van der Waals surface area contributed by atoms with E-state index < -0.39 is 6.10 Å². The van der Waals surface area contributed by atoms with Gasteiger partial charge in [0.15, 0.2) is 0 Å². The van der Waals surface area contributed by atoms with Crippen molar-refractivity contribution >= 4 is 17.2 Å². The van der Waals surface area contributed by atoms with Crippen molar-refractivity contribution in [3.8, 4) is 5.75 Å². The maximum atomic E-state index is 13.6. The Morgan fingerprint density at radius 3 is 2.78 bits per heavy atom. The highest BCUT2D eigenvalue weighted by atomic mass is 32.1. The van der Waals surface area contributed by atoms with E-state index in [4.69, 9.17) is 9.47 Å². The first-order valence-electron chi connectivity index (χ1n) is 13.2. The van der Waals surface area contributed by atoms with E-state index in [1.807, 2.05) is 66.4 Å². The van der Waals surface area contributed by atoms with Crippen molar-refractivity contribution in [2.75, 3.05) is 32.8 Å². The first-order chi connectivity index (χ1) is 18.1. The van der Waals surface area contributed by atoms with E-state index in [1.54, 1.807) is 11.3 Å². The van der Waals surface area contributed by atoms with Gasteiger partial charge in [-0.15, -0.1) is 11.3 Å². The summed E-state index contributed by atoms with van der Waals surface area (Å²) in [5.74, 6) is 0.923. The van der Waals surface area contributed by atoms with Crippen LogP contribution >= 0.6 is 11.3 Å². The van der Waals surface area contributed by atoms with E-state index in [2.05, 4.69) is 16.3 Å². The molecule has 1 saturated carbocycles. The maximum Gasteiger partial charge on any atom is 0.237 e. The number of carbonyl (C=O) groups excluding carboxylic acids is 1. The lowest BCUT2D eigenvalue weighted by Crippen LogP contribution is -2.48. The highest BCUT2D eigenvalue weighted by Crippen LogP contribution is 2.35. The van der Waals surface area contributed by atoms with Crippen LogP contribution in [-0.2, 0) is 22.6 Å². The van der Waals surface area contributed by atoms with Crippen molar-refractivity contribution in [3.63, 3.8) is 0 Å². The summed E-state index contributed by atoms with van der Waals surface area (Å²) in [7, 11) is 0. The molecule has 0 spiro atoms. The van der Waals surface area contributed by atoms with Crippen molar-refractivity contribution in [2.45, 2.75) is 51.0 Å². The number of benzene rings is 2. The molecule has 0 saturated heterocycles. The van der Waals surface area contributed by atoms with Crippen LogP contribution in [0.25, 0.3) is 0 Å². The number of fused-ring (bicyclic) bond motifs is 1. The summed E-state index contributed by atoms with van der Waals surface area (Å²) < 4.78 is 11.9. The van der Waals surface area contributed by atoms with E-state index in [-0.39, 0.29) is 18.6 Å². The van der Waals surface area contributed by atoms with Crippen LogP contribution in [0.2, 0.25) is 0 Å². The first-order valence-corrected chi connectivity index (χ1v) is 14.0. The molecule has 6 nitrogen and oxygen atoms in total. The van der Waals surface area contributed by atoms with Gasteiger partial charge < -0.3 is 19.5 Å². The number of carbonyl (C=O) groups is 1. The SMILES string of the molecule is Cc1cccc(OC[C@H]2c3ccsc3CCN2C(=O)CN(C[C@H](O)COCc2ccccc2)C2CC2)c1. The Hall–Kier alpha value is -2.71. The molecule has 0 radical (unpaired) electrons. The van der Waals surface area contributed by atoms with Crippen LogP contribution in [0.15, 0.2) is 66.0 Å². The predicted octanol–water partition coefficient (Wildman–Crippen LogP) is 4.60. The van der Waals surface area contributed by atoms with E-state index in [0.29, 0.717) is 38.9 Å². The van der Waals surface area contributed by atoms with Gasteiger partial charge in [-0.05, 0) is 66.5 Å². The smallest absolute Gasteiger partial charge is 0.237 e. The monoisotopic (exact) mass is 520 g/mol. The van der Waals surface area contributed by atoms with Crippen molar-refractivity contribution in [3.05, 3.63) is 87.6 Å². The fourth-order valence-corrected chi connectivity index (χ4v) is 5.94. The highest BCUT2D eigenvalue weighted by molar-refractivity contribution is 7.10. The number of aliphatic hydroxyl groups is 1. The number of nitrogens with zero attached hydrogens (tertiary/aromatic N) is 2. The van der Waals surface area contributed by atoms with Crippen LogP contribution in [-0.4, -0.2) is 65.8 Å². The van der Waals surface area contributed by atoms with Crippen LogP contribution in [0, 0.1) is 6.92 Å². The standard InChI is InChI=1S/C30H36N2O4S/c1-22-6-5-9-26(16-22)36-21-28-27-13-15-37-29(27)12-14-32(28)30(34)18-31(24-10-11-24)17-25(33)20-35-19-23-7-3-2-4-8-23/h2-9,13,15-16,24-25,28,33H,10-12,14,17-21H2,1H3/t25-,28-/m0/s1. The normalized spacial score (nSPS) is 18.0. The van der Waals surface area contributed by atoms with E-state index in [9.17, 15) is 9.90 Å². The van der Waals surface area contributed by atoms with Crippen LogP contribution in [0.3, 0.4) is 0 Å². The van der Waals surface area contributed by atoms with Gasteiger partial charge in [-0.2, -0.15) is 0 Å². The molecule has 2 aliphatic rings. The summed E-state index contributed by atoms with van der Waals surface area (Å²) in [4.78, 5) is 19.1. The molecule has 196 valence electrons. The lowest BCUT2D eigenvalue weighted by Gasteiger charge is -2.37. The molecule has 37 heavy (non-hydrogen) atoms. The van der Waals surface area contributed by atoms with Crippen molar-refractivity contribution in [1.29, 1.82) is 0 Å². The quantitative estimate of drug-likeness (QED) is 0.378. The Labute approximate surface area is 223 Å². The number of hydrogen-bond donors (Lipinski definition) is 1. The third kappa shape index (κ3) is 6.99. The predicted molar refractivity (Wildman–Crippen MR) is 146 cm³/mol. The third-order valence-corrected chi connectivity index (χ3v) is 8.08. The van der Waals surface area contributed by atoms with E-state index in [0.717, 1.165) is 36.1 Å². The fraction of sp³-hybridized carbons (Fsp3) is 0.433. The van der Waals surface area contributed by atoms with Gasteiger partial charge >= 0.3 is 0 Å². The number of thiophene rings is 1. The third-order valence-electron chi connectivity index (χ3n) is 7.08. The molecule has 0 unspecified atom stereocenters. The van der Waals surface area contributed by atoms with E-state index >= 15 is 0 Å². The fourth-order valence-electron chi connectivity index (χ4n) is 5.01. The van der Waals surface area contributed by atoms with Crippen LogP contribution in [0.4, 0.5) is 0 Å². The molecule has 1 N–H and O–H groups in total. The minimum atomic E-state index is -0.637. The second-order valence-corrected chi connectivity index (χ2v) is 11.1. The van der Waals surface area contributed by atoms with Crippen molar-refractivity contribution in [2.24, 2.45) is 0 Å². The van der Waals surface area contributed by atoms with Gasteiger partial charge in [-0.3, -0.25) is 9.69 Å². The molecule has 1 aliphatic carbocycles. The zero-order valence-electron chi connectivity index (χ0n) is 21.4. The summed E-state index contributed by atoms with van der Waals surface area (Å²) in [6, 6.07) is 20.4. The summed E-state index contributed by atoms with van der Waals surface area (Å²) in [5, 5.41) is 12.8. The van der Waals surface area contributed by atoms with Gasteiger partial charge in [0.25, 0.3) is 0 Å². The summed E-state index contributed by atoms with van der Waals surface area (Å²) in [6.07, 6.45) is 2.38. The lowest BCUT2D eigenvalue weighted by molar-refractivity contribution is -0.136. The molecule has 1 fully saturated rings. The Bertz CT molecular complexity index is 1160. The Morgan fingerprint density at radius 1 is 1.16 bits per heavy atom. The van der Waals surface area contributed by atoms with Gasteiger partial charge in [-0.1, -0.05) is 42.5 Å².